The first-order valence-corrected chi connectivity index (χ1v) is 8.96. The Morgan fingerprint density at radius 2 is 2.15 bits per heavy atom. The summed E-state index contributed by atoms with van der Waals surface area (Å²) in [7, 11) is 0. The Morgan fingerprint density at radius 1 is 1.38 bits per heavy atom. The minimum Gasteiger partial charge on any atom is -0.480 e. The third-order valence-electron chi connectivity index (χ3n) is 4.10. The molecule has 0 aliphatic carbocycles. The lowest BCUT2D eigenvalue weighted by molar-refractivity contribution is -0.138. The van der Waals surface area contributed by atoms with Crippen molar-refractivity contribution in [2.75, 3.05) is 11.5 Å². The van der Waals surface area contributed by atoms with Crippen LogP contribution in [0.2, 0.25) is 0 Å². The van der Waals surface area contributed by atoms with Gasteiger partial charge in [0.25, 0.3) is 0 Å². The first-order chi connectivity index (χ1) is 12.4. The Kier molecular flexibility index (Phi) is 5.67. The lowest BCUT2D eigenvalue weighted by Crippen LogP contribution is -2.33. The van der Waals surface area contributed by atoms with E-state index in [9.17, 15) is 19.4 Å². The van der Waals surface area contributed by atoms with Gasteiger partial charge in [-0.1, -0.05) is 0 Å². The highest BCUT2D eigenvalue weighted by atomic mass is 32.2. The van der Waals surface area contributed by atoms with E-state index in [4.69, 9.17) is 15.6 Å². The summed E-state index contributed by atoms with van der Waals surface area (Å²) in [6, 6.07) is -0.942. The normalized spacial score (nSPS) is 27.1. The van der Waals surface area contributed by atoms with Gasteiger partial charge in [0.05, 0.1) is 12.4 Å². The highest BCUT2D eigenvalue weighted by Crippen LogP contribution is 2.33. The van der Waals surface area contributed by atoms with E-state index in [1.807, 2.05) is 0 Å². The van der Waals surface area contributed by atoms with Crippen LogP contribution < -0.4 is 5.73 Å². The fourth-order valence-corrected chi connectivity index (χ4v) is 3.73. The molecule has 0 amide bonds. The highest BCUT2D eigenvalue weighted by molar-refractivity contribution is 7.99. The molecule has 5 atom stereocenters. The number of hydrogen-bond acceptors (Lipinski definition) is 9. The molecule has 0 saturated carbocycles. The summed E-state index contributed by atoms with van der Waals surface area (Å²) in [6.07, 6.45) is -1.50. The molecule has 12 heteroatoms. The highest BCUT2D eigenvalue weighted by Gasteiger charge is 2.44. The fourth-order valence-electron chi connectivity index (χ4n) is 2.64. The first kappa shape index (κ1) is 18.9. The molecule has 26 heavy (non-hydrogen) atoms. The number of nitrogens with zero attached hydrogens (tertiary/aromatic N) is 4. The molecule has 0 spiro atoms. The second-order valence-corrected chi connectivity index (χ2v) is 6.99. The second-order valence-electron chi connectivity index (χ2n) is 5.84. The molecule has 142 valence electrons. The van der Waals surface area contributed by atoms with Crippen LogP contribution in [0.15, 0.2) is 12.7 Å². The maximum atomic E-state index is 13.6. The molecule has 10 nitrogen and oxygen atoms in total. The Labute approximate surface area is 151 Å². The molecule has 0 aromatic carbocycles. The number of imidazole rings is 1. The number of halogens is 1. The van der Waals surface area contributed by atoms with Crippen molar-refractivity contribution in [3.8, 4) is 0 Å². The number of aliphatic hydroxyl groups excluding tert-OH is 2. The number of aliphatic hydroxyl groups is 2. The van der Waals surface area contributed by atoms with Gasteiger partial charge < -0.3 is 25.8 Å². The van der Waals surface area contributed by atoms with Gasteiger partial charge in [0.1, 0.15) is 24.6 Å². The van der Waals surface area contributed by atoms with Crippen LogP contribution in [0.1, 0.15) is 12.6 Å². The van der Waals surface area contributed by atoms with E-state index in [-0.39, 0.29) is 17.6 Å². The zero-order valence-corrected chi connectivity index (χ0v) is 14.3. The molecule has 5 N–H and O–H groups in total. The van der Waals surface area contributed by atoms with Gasteiger partial charge in [-0.05, 0) is 12.2 Å². The van der Waals surface area contributed by atoms with Gasteiger partial charge >= 0.3 is 5.97 Å². The maximum Gasteiger partial charge on any atom is 0.320 e. The number of aliphatic carboxylic acids is 1. The molecule has 2 aromatic rings. The molecule has 1 aliphatic rings. The van der Waals surface area contributed by atoms with E-state index in [0.29, 0.717) is 11.5 Å². The van der Waals surface area contributed by atoms with Crippen LogP contribution in [-0.2, 0) is 9.53 Å². The summed E-state index contributed by atoms with van der Waals surface area (Å²) in [5, 5.41) is 29.2. The summed E-state index contributed by atoms with van der Waals surface area (Å²) in [6.45, 7) is 0. The SMILES string of the molecule is N[C@@H](CCSC[C@H]1O[C@@H](n2cnc3c(F)ncnc32)[C@H](O)[C@@H]1O)C(=O)O. The van der Waals surface area contributed by atoms with Crippen LogP contribution in [0.4, 0.5) is 4.39 Å². The second kappa shape index (κ2) is 7.80. The lowest BCUT2D eigenvalue weighted by atomic mass is 10.1. The molecular weight excluding hydrogens is 369 g/mol. The largest absolute Gasteiger partial charge is 0.480 e. The number of carboxylic acids is 1. The van der Waals surface area contributed by atoms with Crippen LogP contribution in [0, 0.1) is 5.95 Å². The van der Waals surface area contributed by atoms with E-state index >= 15 is 0 Å². The molecule has 1 aliphatic heterocycles. The van der Waals surface area contributed by atoms with Crippen LogP contribution in [-0.4, -0.2) is 76.7 Å². The van der Waals surface area contributed by atoms with Crippen molar-refractivity contribution >= 4 is 28.9 Å². The molecule has 0 radical (unpaired) electrons. The summed E-state index contributed by atoms with van der Waals surface area (Å²) in [5.41, 5.74) is 5.52. The van der Waals surface area contributed by atoms with E-state index in [0.717, 1.165) is 6.33 Å². The number of thioether (sulfide) groups is 1. The van der Waals surface area contributed by atoms with Gasteiger partial charge in [-0.2, -0.15) is 16.2 Å². The van der Waals surface area contributed by atoms with Crippen molar-refractivity contribution in [1.82, 2.24) is 19.5 Å². The van der Waals surface area contributed by atoms with Crippen molar-refractivity contribution in [1.29, 1.82) is 0 Å². The number of carbonyl (C=O) groups is 1. The summed E-state index contributed by atoms with van der Waals surface area (Å²) in [5.74, 6) is -1.06. The van der Waals surface area contributed by atoms with Gasteiger partial charge in [0.15, 0.2) is 17.4 Å². The average Bonchev–Trinajstić information content (AvgIpc) is 3.15. The van der Waals surface area contributed by atoms with Crippen LogP contribution >= 0.6 is 11.8 Å². The molecule has 0 unspecified atom stereocenters. The molecule has 2 aromatic heterocycles. The fraction of sp³-hybridized carbons (Fsp3) is 0.571. The quantitative estimate of drug-likeness (QED) is 0.347. The smallest absolute Gasteiger partial charge is 0.320 e. The van der Waals surface area contributed by atoms with Crippen LogP contribution in [0.5, 0.6) is 0 Å². The lowest BCUT2D eigenvalue weighted by Gasteiger charge is -2.16. The zero-order chi connectivity index (χ0) is 18.8. The number of hydrogen-bond donors (Lipinski definition) is 4. The van der Waals surface area contributed by atoms with E-state index in [1.54, 1.807) is 0 Å². The van der Waals surface area contributed by atoms with Gasteiger partial charge in [-0.3, -0.25) is 9.36 Å². The molecule has 3 heterocycles. The maximum absolute atomic E-state index is 13.6. The van der Waals surface area contributed by atoms with Crippen molar-refractivity contribution < 1.29 is 29.2 Å². The number of rotatable bonds is 7. The summed E-state index contributed by atoms with van der Waals surface area (Å²) in [4.78, 5) is 21.9. The Hall–Kier alpha value is -1.86. The van der Waals surface area contributed by atoms with Crippen molar-refractivity contribution in [3.63, 3.8) is 0 Å². The standard InChI is InChI=1S/C14H18FN5O5S/c15-11-8-12(18-4-17-11)20(5-19-8)13-10(22)9(21)7(25-13)3-26-2-1-6(16)14(23)24/h4-7,9-10,13,21-22H,1-3,16H2,(H,23,24)/t6-,7+,9+,10+,13+/m0/s1. The minimum absolute atomic E-state index is 0.0572. The Balaban J connectivity index is 1.64. The van der Waals surface area contributed by atoms with E-state index in [1.165, 1.54) is 22.7 Å². The summed E-state index contributed by atoms with van der Waals surface area (Å²) >= 11 is 1.36. The number of nitrogens with two attached hydrogens (primary N) is 1. The van der Waals surface area contributed by atoms with Crippen LogP contribution in [0.25, 0.3) is 11.2 Å². The number of fused-ring (bicyclic) bond motifs is 1. The molecular formula is C14H18FN5O5S. The van der Waals surface area contributed by atoms with Gasteiger partial charge in [-0.15, -0.1) is 0 Å². The summed E-state index contributed by atoms with van der Waals surface area (Å²) < 4.78 is 20.7. The van der Waals surface area contributed by atoms with Crippen molar-refractivity contribution in [2.24, 2.45) is 5.73 Å². The third kappa shape index (κ3) is 3.64. The molecule has 3 rings (SSSR count). The van der Waals surface area contributed by atoms with Crippen molar-refractivity contribution in [2.45, 2.75) is 37.0 Å². The Morgan fingerprint density at radius 3 is 2.88 bits per heavy atom. The number of ether oxygens (including phenoxy) is 1. The van der Waals surface area contributed by atoms with Crippen LogP contribution in [0.3, 0.4) is 0 Å². The van der Waals surface area contributed by atoms with Gasteiger partial charge in [0, 0.05) is 5.75 Å². The monoisotopic (exact) mass is 387 g/mol. The predicted octanol–water partition coefficient (Wildman–Crippen LogP) is -0.880. The van der Waals surface area contributed by atoms with Gasteiger partial charge in [-0.25, -0.2) is 15.0 Å². The first-order valence-electron chi connectivity index (χ1n) is 7.81. The topological polar surface area (TPSA) is 157 Å². The number of aromatic nitrogens is 4. The third-order valence-corrected chi connectivity index (χ3v) is 5.19. The minimum atomic E-state index is -1.25. The molecule has 1 fully saturated rings. The predicted molar refractivity (Wildman–Crippen MR) is 88.8 cm³/mol. The number of carboxylic acid groups (broad SMARTS) is 1. The molecule has 0 bridgehead atoms. The zero-order valence-electron chi connectivity index (χ0n) is 13.5. The van der Waals surface area contributed by atoms with Crippen molar-refractivity contribution in [3.05, 3.63) is 18.6 Å². The van der Waals surface area contributed by atoms with Gasteiger partial charge in [0.2, 0.25) is 5.95 Å². The Bertz CT molecular complexity index is 792. The average molecular weight is 387 g/mol. The van der Waals surface area contributed by atoms with E-state index < -0.39 is 42.5 Å². The van der Waals surface area contributed by atoms with E-state index in [2.05, 4.69) is 15.0 Å². The molecule has 1 saturated heterocycles.